The minimum atomic E-state index is 0.683. The topological polar surface area (TPSA) is 42.2 Å². The van der Waals surface area contributed by atoms with Crippen molar-refractivity contribution in [3.05, 3.63) is 23.9 Å². The fourth-order valence-corrected chi connectivity index (χ4v) is 2.53. The molecule has 0 aliphatic carbocycles. The molecule has 2 heterocycles. The first-order valence-corrected chi connectivity index (χ1v) is 6.24. The summed E-state index contributed by atoms with van der Waals surface area (Å²) < 4.78 is 0. The molecule has 88 valence electrons. The third-order valence-electron chi connectivity index (χ3n) is 3.52. The average molecular weight is 219 g/mol. The molecule has 3 heteroatoms. The van der Waals surface area contributed by atoms with Gasteiger partial charge in [0.05, 0.1) is 0 Å². The highest BCUT2D eigenvalue weighted by Gasteiger charge is 2.21. The van der Waals surface area contributed by atoms with Gasteiger partial charge in [0.1, 0.15) is 5.82 Å². The van der Waals surface area contributed by atoms with Gasteiger partial charge in [-0.15, -0.1) is 0 Å². The van der Waals surface area contributed by atoms with Crippen molar-refractivity contribution in [2.24, 2.45) is 0 Å². The Morgan fingerprint density at radius 2 is 2.38 bits per heavy atom. The number of pyridine rings is 1. The maximum Gasteiger partial charge on any atom is 0.127 e. The number of aromatic nitrogens is 1. The Hall–Kier alpha value is -1.09. The molecule has 1 aliphatic heterocycles. The van der Waals surface area contributed by atoms with Crippen LogP contribution in [0.5, 0.6) is 0 Å². The molecule has 16 heavy (non-hydrogen) atoms. The van der Waals surface area contributed by atoms with Gasteiger partial charge in [-0.3, -0.25) is 4.90 Å². The molecule has 2 rings (SSSR count). The Labute approximate surface area is 97.7 Å². The molecule has 0 amide bonds. The van der Waals surface area contributed by atoms with Crippen molar-refractivity contribution in [1.29, 1.82) is 0 Å². The normalized spacial score (nSPS) is 22.2. The lowest BCUT2D eigenvalue weighted by Gasteiger charge is -2.35. The van der Waals surface area contributed by atoms with E-state index in [4.69, 9.17) is 5.73 Å². The second kappa shape index (κ2) is 5.30. The van der Waals surface area contributed by atoms with E-state index in [2.05, 4.69) is 22.9 Å². The first-order chi connectivity index (χ1) is 7.81. The summed E-state index contributed by atoms with van der Waals surface area (Å²) in [6, 6.07) is 4.79. The number of likely N-dealkylation sites (tertiary alicyclic amines) is 1. The molecular weight excluding hydrogens is 198 g/mol. The number of anilines is 1. The van der Waals surface area contributed by atoms with Crippen molar-refractivity contribution in [3.63, 3.8) is 0 Å². The standard InChI is InChI=1S/C13H21N3/c1-2-12-7-3-4-9-16(12)10-11-6-5-8-15-13(11)14/h5-6,8,12H,2-4,7,9-10H2,1H3,(H2,14,15). The van der Waals surface area contributed by atoms with Crippen molar-refractivity contribution >= 4 is 5.82 Å². The molecule has 0 spiro atoms. The van der Waals surface area contributed by atoms with E-state index in [9.17, 15) is 0 Å². The lowest BCUT2D eigenvalue weighted by atomic mass is 9.99. The summed E-state index contributed by atoms with van der Waals surface area (Å²) in [5, 5.41) is 0. The quantitative estimate of drug-likeness (QED) is 0.849. The molecule has 3 nitrogen and oxygen atoms in total. The fourth-order valence-electron chi connectivity index (χ4n) is 2.53. The predicted molar refractivity (Wildman–Crippen MR) is 67.0 cm³/mol. The number of hydrogen-bond acceptors (Lipinski definition) is 3. The molecule has 0 bridgehead atoms. The zero-order valence-electron chi connectivity index (χ0n) is 10.0. The van der Waals surface area contributed by atoms with Crippen molar-refractivity contribution in [2.75, 3.05) is 12.3 Å². The van der Waals surface area contributed by atoms with Crippen LogP contribution in [-0.2, 0) is 6.54 Å². The zero-order valence-corrected chi connectivity index (χ0v) is 10.0. The maximum absolute atomic E-state index is 5.89. The van der Waals surface area contributed by atoms with Crippen LogP contribution in [0.4, 0.5) is 5.82 Å². The number of nitrogens with zero attached hydrogens (tertiary/aromatic N) is 2. The summed E-state index contributed by atoms with van der Waals surface area (Å²) in [7, 11) is 0. The van der Waals surface area contributed by atoms with Crippen LogP contribution in [-0.4, -0.2) is 22.5 Å². The highest BCUT2D eigenvalue weighted by atomic mass is 15.2. The van der Waals surface area contributed by atoms with Gasteiger partial charge in [-0.25, -0.2) is 4.98 Å². The Morgan fingerprint density at radius 1 is 1.50 bits per heavy atom. The first kappa shape index (κ1) is 11.4. The lowest BCUT2D eigenvalue weighted by molar-refractivity contribution is 0.136. The Balaban J connectivity index is 2.05. The minimum absolute atomic E-state index is 0.683. The van der Waals surface area contributed by atoms with E-state index < -0.39 is 0 Å². The van der Waals surface area contributed by atoms with Crippen molar-refractivity contribution in [2.45, 2.75) is 45.2 Å². The SMILES string of the molecule is CCC1CCCCN1Cc1cccnc1N. The summed E-state index contributed by atoms with van der Waals surface area (Å²) in [6.07, 6.45) is 7.01. The van der Waals surface area contributed by atoms with Crippen molar-refractivity contribution in [3.8, 4) is 0 Å². The maximum atomic E-state index is 5.89. The van der Waals surface area contributed by atoms with Gasteiger partial charge in [0.25, 0.3) is 0 Å². The fraction of sp³-hybridized carbons (Fsp3) is 0.615. The van der Waals surface area contributed by atoms with E-state index >= 15 is 0 Å². The van der Waals surface area contributed by atoms with E-state index in [1.807, 2.05) is 6.07 Å². The second-order valence-electron chi connectivity index (χ2n) is 4.58. The molecule has 1 aliphatic rings. The second-order valence-corrected chi connectivity index (χ2v) is 4.58. The van der Waals surface area contributed by atoms with Crippen LogP contribution in [0.2, 0.25) is 0 Å². The highest BCUT2D eigenvalue weighted by Crippen LogP contribution is 2.22. The van der Waals surface area contributed by atoms with Gasteiger partial charge in [-0.1, -0.05) is 19.4 Å². The summed E-state index contributed by atoms with van der Waals surface area (Å²) in [5.74, 6) is 0.683. The highest BCUT2D eigenvalue weighted by molar-refractivity contribution is 5.38. The summed E-state index contributed by atoms with van der Waals surface area (Å²) in [6.45, 7) is 4.43. The number of rotatable bonds is 3. The summed E-state index contributed by atoms with van der Waals surface area (Å²) in [4.78, 5) is 6.70. The Morgan fingerprint density at radius 3 is 3.12 bits per heavy atom. The van der Waals surface area contributed by atoms with E-state index in [-0.39, 0.29) is 0 Å². The predicted octanol–water partition coefficient (Wildman–Crippen LogP) is 2.43. The number of hydrogen-bond donors (Lipinski definition) is 1. The van der Waals surface area contributed by atoms with Crippen LogP contribution in [0.1, 0.15) is 38.2 Å². The molecule has 0 radical (unpaired) electrons. The number of nitrogen functional groups attached to an aromatic ring is 1. The van der Waals surface area contributed by atoms with Gasteiger partial charge in [-0.2, -0.15) is 0 Å². The third kappa shape index (κ3) is 2.53. The average Bonchev–Trinajstić information content (AvgIpc) is 2.33. The smallest absolute Gasteiger partial charge is 0.127 e. The van der Waals surface area contributed by atoms with E-state index in [1.165, 1.54) is 37.8 Å². The summed E-state index contributed by atoms with van der Waals surface area (Å²) >= 11 is 0. The van der Waals surface area contributed by atoms with Crippen molar-refractivity contribution < 1.29 is 0 Å². The molecule has 1 atom stereocenters. The van der Waals surface area contributed by atoms with Gasteiger partial charge in [0.15, 0.2) is 0 Å². The molecule has 1 aromatic rings. The van der Waals surface area contributed by atoms with Crippen LogP contribution in [0.3, 0.4) is 0 Å². The van der Waals surface area contributed by atoms with Gasteiger partial charge in [-0.05, 0) is 31.9 Å². The molecule has 1 saturated heterocycles. The van der Waals surface area contributed by atoms with Crippen LogP contribution >= 0.6 is 0 Å². The molecule has 2 N–H and O–H groups in total. The Kier molecular flexibility index (Phi) is 3.78. The van der Waals surface area contributed by atoms with Crippen LogP contribution in [0.15, 0.2) is 18.3 Å². The molecule has 0 aromatic carbocycles. The van der Waals surface area contributed by atoms with Crippen LogP contribution in [0.25, 0.3) is 0 Å². The van der Waals surface area contributed by atoms with Gasteiger partial charge >= 0.3 is 0 Å². The molecule has 1 unspecified atom stereocenters. The Bertz CT molecular complexity index is 338. The van der Waals surface area contributed by atoms with E-state index in [0.29, 0.717) is 5.82 Å². The van der Waals surface area contributed by atoms with Gasteiger partial charge in [0, 0.05) is 24.3 Å². The molecule has 1 fully saturated rings. The number of piperidine rings is 1. The number of nitrogens with two attached hydrogens (primary N) is 1. The monoisotopic (exact) mass is 219 g/mol. The van der Waals surface area contributed by atoms with E-state index in [0.717, 1.165) is 12.6 Å². The molecular formula is C13H21N3. The van der Waals surface area contributed by atoms with Gasteiger partial charge < -0.3 is 5.73 Å². The lowest BCUT2D eigenvalue weighted by Crippen LogP contribution is -2.38. The molecule has 1 aromatic heterocycles. The third-order valence-corrected chi connectivity index (χ3v) is 3.52. The van der Waals surface area contributed by atoms with Crippen molar-refractivity contribution in [1.82, 2.24) is 9.88 Å². The van der Waals surface area contributed by atoms with Crippen LogP contribution in [0, 0.1) is 0 Å². The summed E-state index contributed by atoms with van der Waals surface area (Å²) in [5.41, 5.74) is 7.06. The molecule has 0 saturated carbocycles. The zero-order chi connectivity index (χ0) is 11.4. The van der Waals surface area contributed by atoms with E-state index in [1.54, 1.807) is 6.20 Å². The van der Waals surface area contributed by atoms with Gasteiger partial charge in [0.2, 0.25) is 0 Å². The minimum Gasteiger partial charge on any atom is -0.383 e. The largest absolute Gasteiger partial charge is 0.383 e. The first-order valence-electron chi connectivity index (χ1n) is 6.24. The van der Waals surface area contributed by atoms with Crippen LogP contribution < -0.4 is 5.73 Å².